The average Bonchev–Trinajstić information content (AvgIpc) is 2.04. The van der Waals surface area contributed by atoms with Gasteiger partial charge in [0.15, 0.2) is 0 Å². The number of carboxylic acids is 1. The van der Waals surface area contributed by atoms with Crippen molar-refractivity contribution in [1.29, 1.82) is 0 Å². The average molecular weight is 176 g/mol. The predicted octanol–water partition coefficient (Wildman–Crippen LogP) is 2.48. The minimum atomic E-state index is -0.905. The van der Waals surface area contributed by atoms with Gasteiger partial charge in [0.1, 0.15) is 0 Å². The third kappa shape index (κ3) is 2.75. The van der Waals surface area contributed by atoms with Crippen LogP contribution in [0.1, 0.15) is 18.1 Å². The first-order valence-electron chi connectivity index (χ1n) is 4.08. The Hall–Kier alpha value is -1.57. The summed E-state index contributed by atoms with van der Waals surface area (Å²) in [6.45, 7) is 3.79. The summed E-state index contributed by atoms with van der Waals surface area (Å²) in [6, 6.07) is 7.78. The molecule has 0 bridgehead atoms. The third-order valence-electron chi connectivity index (χ3n) is 1.85. The lowest BCUT2D eigenvalue weighted by molar-refractivity contribution is -0.131. The van der Waals surface area contributed by atoms with Crippen molar-refractivity contribution in [2.45, 2.75) is 13.8 Å². The van der Waals surface area contributed by atoms with E-state index in [1.807, 2.05) is 31.2 Å². The lowest BCUT2D eigenvalue weighted by Crippen LogP contribution is -1.89. The molecule has 1 aromatic rings. The largest absolute Gasteiger partial charge is 0.478 e. The summed E-state index contributed by atoms with van der Waals surface area (Å²) in [5, 5.41) is 8.52. The normalized spacial score (nSPS) is 11.4. The van der Waals surface area contributed by atoms with Crippen LogP contribution in [0.2, 0.25) is 0 Å². The fourth-order valence-electron chi connectivity index (χ4n) is 1.08. The number of carboxylic acid groups (broad SMARTS) is 1. The van der Waals surface area contributed by atoms with Crippen molar-refractivity contribution in [3.05, 3.63) is 41.5 Å². The van der Waals surface area contributed by atoms with Crippen LogP contribution in [0, 0.1) is 6.92 Å². The maximum Gasteiger partial charge on any atom is 0.328 e. The van der Waals surface area contributed by atoms with Crippen molar-refractivity contribution in [2.24, 2.45) is 0 Å². The van der Waals surface area contributed by atoms with Gasteiger partial charge in [-0.2, -0.15) is 0 Å². The van der Waals surface area contributed by atoms with E-state index in [0.29, 0.717) is 0 Å². The zero-order valence-electron chi connectivity index (χ0n) is 7.74. The molecule has 0 spiro atoms. The zero-order valence-corrected chi connectivity index (χ0v) is 7.74. The molecule has 0 aromatic heterocycles. The van der Waals surface area contributed by atoms with E-state index >= 15 is 0 Å². The Labute approximate surface area is 77.5 Å². The Morgan fingerprint density at radius 2 is 1.85 bits per heavy atom. The lowest BCUT2D eigenvalue weighted by Gasteiger charge is -2.00. The Morgan fingerprint density at radius 3 is 2.31 bits per heavy atom. The first kappa shape index (κ1) is 9.52. The first-order valence-corrected chi connectivity index (χ1v) is 4.08. The summed E-state index contributed by atoms with van der Waals surface area (Å²) in [6.07, 6.45) is 1.21. The van der Waals surface area contributed by atoms with Crippen LogP contribution in [0.4, 0.5) is 0 Å². The highest BCUT2D eigenvalue weighted by Gasteiger charge is 1.97. The highest BCUT2D eigenvalue weighted by atomic mass is 16.4. The van der Waals surface area contributed by atoms with E-state index in [1.54, 1.807) is 6.92 Å². The Kier molecular flexibility index (Phi) is 2.85. The molecule has 0 aliphatic carbocycles. The number of hydrogen-bond acceptors (Lipinski definition) is 1. The van der Waals surface area contributed by atoms with Crippen LogP contribution in [0.15, 0.2) is 30.3 Å². The second-order valence-corrected chi connectivity index (χ2v) is 3.03. The van der Waals surface area contributed by atoms with E-state index in [1.165, 1.54) is 11.6 Å². The quantitative estimate of drug-likeness (QED) is 0.703. The highest BCUT2D eigenvalue weighted by Crippen LogP contribution is 2.13. The molecular formula is C11H12O2. The van der Waals surface area contributed by atoms with Crippen LogP contribution in [-0.4, -0.2) is 11.1 Å². The van der Waals surface area contributed by atoms with Crippen LogP contribution in [0.5, 0.6) is 0 Å². The molecule has 1 rings (SSSR count). The zero-order chi connectivity index (χ0) is 9.84. The minimum Gasteiger partial charge on any atom is -0.478 e. The van der Waals surface area contributed by atoms with Crippen LogP contribution in [-0.2, 0) is 4.79 Å². The van der Waals surface area contributed by atoms with Crippen LogP contribution in [0.3, 0.4) is 0 Å². The molecule has 0 saturated heterocycles. The summed E-state index contributed by atoms with van der Waals surface area (Å²) >= 11 is 0. The number of aliphatic carboxylic acids is 1. The molecule has 2 heteroatoms. The van der Waals surface area contributed by atoms with Gasteiger partial charge in [0.2, 0.25) is 0 Å². The summed E-state index contributed by atoms with van der Waals surface area (Å²) in [5.41, 5.74) is 2.90. The van der Waals surface area contributed by atoms with E-state index in [0.717, 1.165) is 11.1 Å². The third-order valence-corrected chi connectivity index (χ3v) is 1.85. The predicted molar refractivity (Wildman–Crippen MR) is 52.5 cm³/mol. The molecule has 2 nitrogen and oxygen atoms in total. The summed E-state index contributed by atoms with van der Waals surface area (Å²) in [7, 11) is 0. The van der Waals surface area contributed by atoms with Gasteiger partial charge in [0, 0.05) is 6.08 Å². The highest BCUT2D eigenvalue weighted by molar-refractivity contribution is 5.89. The van der Waals surface area contributed by atoms with Gasteiger partial charge in [0.05, 0.1) is 0 Å². The molecule has 1 N–H and O–H groups in total. The van der Waals surface area contributed by atoms with Gasteiger partial charge in [-0.15, -0.1) is 0 Å². The molecule has 0 atom stereocenters. The molecule has 0 aliphatic rings. The molecule has 0 unspecified atom stereocenters. The molecule has 0 saturated carbocycles. The lowest BCUT2D eigenvalue weighted by atomic mass is 10.1. The van der Waals surface area contributed by atoms with Gasteiger partial charge in [-0.25, -0.2) is 4.79 Å². The SMILES string of the molecule is C/C(=C\C(=O)O)c1ccc(C)cc1. The molecular weight excluding hydrogens is 164 g/mol. The van der Waals surface area contributed by atoms with Gasteiger partial charge >= 0.3 is 5.97 Å². The number of carbonyl (C=O) groups is 1. The molecule has 68 valence electrons. The van der Waals surface area contributed by atoms with Crippen LogP contribution >= 0.6 is 0 Å². The van der Waals surface area contributed by atoms with Crippen molar-refractivity contribution >= 4 is 11.5 Å². The van der Waals surface area contributed by atoms with Gasteiger partial charge in [0.25, 0.3) is 0 Å². The van der Waals surface area contributed by atoms with Crippen LogP contribution < -0.4 is 0 Å². The van der Waals surface area contributed by atoms with Crippen molar-refractivity contribution in [3.63, 3.8) is 0 Å². The van der Waals surface area contributed by atoms with Crippen molar-refractivity contribution in [3.8, 4) is 0 Å². The Balaban J connectivity index is 2.96. The smallest absolute Gasteiger partial charge is 0.328 e. The summed E-state index contributed by atoms with van der Waals surface area (Å²) in [5.74, 6) is -0.905. The van der Waals surface area contributed by atoms with E-state index in [2.05, 4.69) is 0 Å². The van der Waals surface area contributed by atoms with Crippen molar-refractivity contribution in [2.75, 3.05) is 0 Å². The maximum atomic E-state index is 10.4. The molecule has 0 heterocycles. The molecule has 0 radical (unpaired) electrons. The number of benzene rings is 1. The Bertz CT molecular complexity index is 334. The molecule has 13 heavy (non-hydrogen) atoms. The number of allylic oxidation sites excluding steroid dienone is 1. The van der Waals surface area contributed by atoms with Crippen LogP contribution in [0.25, 0.3) is 5.57 Å². The topological polar surface area (TPSA) is 37.3 Å². The van der Waals surface area contributed by atoms with Crippen molar-refractivity contribution < 1.29 is 9.90 Å². The molecule has 0 aliphatic heterocycles. The standard InChI is InChI=1S/C11H12O2/c1-8-3-5-10(6-4-8)9(2)7-11(12)13/h3-7H,1-2H3,(H,12,13)/b9-7+. The van der Waals surface area contributed by atoms with Gasteiger partial charge in [-0.1, -0.05) is 29.8 Å². The summed E-state index contributed by atoms with van der Waals surface area (Å²) < 4.78 is 0. The fraction of sp³-hybridized carbons (Fsp3) is 0.182. The van der Waals surface area contributed by atoms with Gasteiger partial charge in [-0.3, -0.25) is 0 Å². The molecule has 1 aromatic carbocycles. The second kappa shape index (κ2) is 3.90. The van der Waals surface area contributed by atoms with E-state index < -0.39 is 5.97 Å². The van der Waals surface area contributed by atoms with Gasteiger partial charge < -0.3 is 5.11 Å². The maximum absolute atomic E-state index is 10.4. The number of hydrogen-bond donors (Lipinski definition) is 1. The van der Waals surface area contributed by atoms with E-state index in [-0.39, 0.29) is 0 Å². The van der Waals surface area contributed by atoms with E-state index in [4.69, 9.17) is 5.11 Å². The monoisotopic (exact) mass is 176 g/mol. The van der Waals surface area contributed by atoms with E-state index in [9.17, 15) is 4.79 Å². The summed E-state index contributed by atoms with van der Waals surface area (Å²) in [4.78, 5) is 10.4. The fourth-order valence-corrected chi connectivity index (χ4v) is 1.08. The van der Waals surface area contributed by atoms with Crippen molar-refractivity contribution in [1.82, 2.24) is 0 Å². The number of aryl methyl sites for hydroxylation is 1. The Morgan fingerprint density at radius 1 is 1.31 bits per heavy atom. The minimum absolute atomic E-state index is 0.771. The molecule has 0 fully saturated rings. The molecule has 0 amide bonds. The number of rotatable bonds is 2. The first-order chi connectivity index (χ1) is 6.09. The van der Waals surface area contributed by atoms with Gasteiger partial charge in [-0.05, 0) is 25.0 Å². The second-order valence-electron chi connectivity index (χ2n) is 3.03.